The van der Waals surface area contributed by atoms with Gasteiger partial charge in [0, 0.05) is 12.4 Å². The largest absolute Gasteiger partial charge is 0.550 e. The minimum atomic E-state index is -5.19. The first-order chi connectivity index (χ1) is 35.4. The first-order valence-electron chi connectivity index (χ1n) is 21.9. The summed E-state index contributed by atoms with van der Waals surface area (Å²) < 4.78 is 212. The van der Waals surface area contributed by atoms with Crippen molar-refractivity contribution in [1.82, 2.24) is 0 Å². The summed E-state index contributed by atoms with van der Waals surface area (Å²) in [6.45, 7) is 3.34. The lowest BCUT2D eigenvalue weighted by Gasteiger charge is -2.55. The van der Waals surface area contributed by atoms with Crippen molar-refractivity contribution in [1.29, 1.82) is 0 Å². The maximum absolute atomic E-state index is 13.9. The summed E-state index contributed by atoms with van der Waals surface area (Å²) in [4.78, 5) is 63.4. The van der Waals surface area contributed by atoms with E-state index in [9.17, 15) is 125 Å². The topological polar surface area (TPSA) is 277 Å². The summed E-state index contributed by atoms with van der Waals surface area (Å²) in [6, 6.07) is 6.84. The maximum atomic E-state index is 13.9. The number of aliphatic hydroxyl groups is 2. The molecular weight excluding hydrogens is 1110 g/mol. The highest BCUT2D eigenvalue weighted by atomic mass is 19.4. The molecule has 3 aromatic rings. The second kappa shape index (κ2) is 25.3. The Labute approximate surface area is 429 Å². The zero-order valence-electron chi connectivity index (χ0n) is 40.5. The number of carboxylic acids is 5. The smallest absolute Gasteiger partial charge is 0.422 e. The molecule has 0 amide bonds. The summed E-state index contributed by atoms with van der Waals surface area (Å²) >= 11 is 0. The number of rotatable bonds is 12. The van der Waals surface area contributed by atoms with E-state index in [1.54, 1.807) is 6.07 Å². The third kappa shape index (κ3) is 15.2. The molecular formula is C47H41F16O15-5. The number of methoxy groups -OCH3 is 1. The van der Waals surface area contributed by atoms with Gasteiger partial charge in [0.2, 0.25) is 11.6 Å². The van der Waals surface area contributed by atoms with Crippen LogP contribution in [-0.4, -0.2) is 88.7 Å². The van der Waals surface area contributed by atoms with E-state index in [-0.39, 0.29) is 12.5 Å². The van der Waals surface area contributed by atoms with Gasteiger partial charge >= 0.3 is 24.2 Å². The Hall–Kier alpha value is -6.92. The van der Waals surface area contributed by atoms with Crippen LogP contribution >= 0.6 is 0 Å². The third-order valence-electron chi connectivity index (χ3n) is 12.2. The maximum Gasteiger partial charge on any atom is 0.422 e. The number of aromatic carboxylic acids is 2. The number of ether oxygens (including phenoxy) is 2. The summed E-state index contributed by atoms with van der Waals surface area (Å²) in [7, 11) is 0.777. The summed E-state index contributed by atoms with van der Waals surface area (Å²) in [5, 5.41) is 67.3. The molecule has 3 unspecified atom stereocenters. The van der Waals surface area contributed by atoms with E-state index in [1.165, 1.54) is 38.1 Å². The Morgan fingerprint density at radius 3 is 1.23 bits per heavy atom. The highest BCUT2D eigenvalue weighted by Crippen LogP contribution is 2.60. The van der Waals surface area contributed by atoms with E-state index < -0.39 is 158 Å². The van der Waals surface area contributed by atoms with Gasteiger partial charge in [0.25, 0.3) is 0 Å². The van der Waals surface area contributed by atoms with E-state index in [2.05, 4.69) is 4.74 Å². The van der Waals surface area contributed by atoms with Gasteiger partial charge in [0.15, 0.2) is 58.0 Å². The molecule has 31 heteroatoms. The minimum absolute atomic E-state index is 0.111. The molecule has 3 atom stereocenters. The Morgan fingerprint density at radius 2 is 0.974 bits per heavy atom. The summed E-state index contributed by atoms with van der Waals surface area (Å²) in [6.07, 6.45) is -8.11. The van der Waals surface area contributed by atoms with Gasteiger partial charge < -0.3 is 69.2 Å². The van der Waals surface area contributed by atoms with Crippen LogP contribution in [0.5, 0.6) is 5.75 Å². The molecule has 4 fully saturated rings. The van der Waals surface area contributed by atoms with Crippen LogP contribution in [0.2, 0.25) is 0 Å². The highest BCUT2D eigenvalue weighted by molar-refractivity contribution is 5.88. The average Bonchev–Trinajstić information content (AvgIpc) is 3.29. The number of carboxylic acid groups (broad SMARTS) is 5. The van der Waals surface area contributed by atoms with Crippen LogP contribution in [0.3, 0.4) is 0 Å². The van der Waals surface area contributed by atoms with Gasteiger partial charge in [-0.2, -0.15) is 43.9 Å². The second-order valence-corrected chi connectivity index (χ2v) is 18.5. The number of benzene rings is 3. The minimum Gasteiger partial charge on any atom is -0.550 e. The predicted octanol–water partition coefficient (Wildman–Crippen LogP) is 3.53. The molecule has 0 heterocycles. The number of aliphatic carboxylic acids is 3. The fraction of sp³-hybridized carbons (Fsp3) is 0.489. The molecule has 0 radical (unpaired) electrons. The van der Waals surface area contributed by atoms with Crippen molar-refractivity contribution in [3.05, 3.63) is 88.0 Å². The molecule has 4 bridgehead atoms. The monoisotopic (exact) mass is 1150 g/mol. The molecule has 0 spiro atoms. The van der Waals surface area contributed by atoms with Gasteiger partial charge in [-0.25, -0.2) is 26.3 Å². The van der Waals surface area contributed by atoms with E-state index >= 15 is 0 Å². The van der Waals surface area contributed by atoms with Gasteiger partial charge in [-0.15, -0.1) is 0 Å². The predicted molar refractivity (Wildman–Crippen MR) is 216 cm³/mol. The summed E-state index contributed by atoms with van der Waals surface area (Å²) in [5.74, 6) is -32.7. The fourth-order valence-corrected chi connectivity index (χ4v) is 8.48. The number of esters is 1. The number of halogens is 16. The molecule has 0 saturated heterocycles. The van der Waals surface area contributed by atoms with Crippen molar-refractivity contribution >= 4 is 35.8 Å². The van der Waals surface area contributed by atoms with Crippen LogP contribution in [0.15, 0.2) is 30.3 Å². The van der Waals surface area contributed by atoms with Gasteiger partial charge in [-0.1, -0.05) is 44.2 Å². The van der Waals surface area contributed by atoms with Crippen LogP contribution in [0.4, 0.5) is 70.2 Å². The van der Waals surface area contributed by atoms with Crippen molar-refractivity contribution in [3.8, 4) is 16.9 Å². The van der Waals surface area contributed by atoms with Gasteiger partial charge in [-0.3, -0.25) is 4.79 Å². The molecule has 436 valence electrons. The number of carbonyl (C=O) groups excluding carboxylic acids is 6. The molecule has 2 N–H and O–H groups in total. The van der Waals surface area contributed by atoms with Gasteiger partial charge in [-0.05, 0) is 81.6 Å². The van der Waals surface area contributed by atoms with Crippen LogP contribution < -0.4 is 30.3 Å². The van der Waals surface area contributed by atoms with Crippen molar-refractivity contribution in [3.63, 3.8) is 0 Å². The van der Waals surface area contributed by atoms with Crippen LogP contribution in [0.1, 0.15) is 93.4 Å². The second-order valence-electron chi connectivity index (χ2n) is 18.5. The number of hydrogen-bond acceptors (Lipinski definition) is 15. The highest BCUT2D eigenvalue weighted by Gasteiger charge is 2.58. The fourth-order valence-electron chi connectivity index (χ4n) is 8.48. The van der Waals surface area contributed by atoms with Gasteiger partial charge in [0.05, 0.1) is 47.1 Å². The van der Waals surface area contributed by atoms with Crippen molar-refractivity contribution in [2.75, 3.05) is 7.11 Å². The van der Waals surface area contributed by atoms with Crippen molar-refractivity contribution in [2.45, 2.75) is 108 Å². The zero-order valence-corrected chi connectivity index (χ0v) is 40.5. The summed E-state index contributed by atoms with van der Waals surface area (Å²) in [5.41, 5.74) is -12.3. The molecule has 15 nitrogen and oxygen atoms in total. The lowest BCUT2D eigenvalue weighted by Crippen LogP contribution is -2.56. The molecule has 4 aliphatic rings. The Kier molecular flexibility index (Phi) is 21.8. The van der Waals surface area contributed by atoms with Crippen molar-refractivity contribution in [2.24, 2.45) is 29.1 Å². The Morgan fingerprint density at radius 1 is 0.603 bits per heavy atom. The molecule has 7 rings (SSSR count). The van der Waals surface area contributed by atoms with Crippen LogP contribution in [0.25, 0.3) is 11.1 Å². The van der Waals surface area contributed by atoms with Crippen LogP contribution in [-0.2, 0) is 23.9 Å². The Bertz CT molecular complexity index is 2610. The molecule has 4 aliphatic carbocycles. The van der Waals surface area contributed by atoms with E-state index in [0.717, 1.165) is 26.4 Å². The average molecular weight is 1150 g/mol. The lowest BCUT2D eigenvalue weighted by molar-refractivity contribution is -0.351. The molecule has 0 aliphatic heterocycles. The molecule has 0 aromatic heterocycles. The molecule has 4 saturated carbocycles. The normalized spacial score (nSPS) is 20.2. The standard InChI is InChI=1S/C17H24F2O4.C13H6F4O2.C8H4F4O3.C5H7F3O3.C4H5F3O3/c1-9(2)13(17(18,19)14(20)21)23-15(22)16-6-10-3-11(7-16)5-12(4-10)8-16;14-9-7(6-4-2-1-3-5-6)10(15)12(17)8(11(9)16)13(18)19;1-15-7-5(11)3(9)2(8(13)14)4(10)6(7)12;1-4(11,2-3(9)10)5(6,7)8;1-3(10,2(8)9)4(5,6)7/h9-13H,3-8H2,1-2H3,(H,20,21);1-5H,(H,18,19);1H3,(H,13,14);11H,2H2,1H3,(H,9,10);10H,1H3,(H,8,9)/p-5. The van der Waals surface area contributed by atoms with Gasteiger partial charge in [0.1, 0.15) is 5.97 Å². The molecule has 78 heavy (non-hydrogen) atoms. The lowest BCUT2D eigenvalue weighted by atomic mass is 9.49. The first-order valence-corrected chi connectivity index (χ1v) is 21.9. The number of alkyl halides is 8. The number of hydrogen-bond donors (Lipinski definition) is 2. The van der Waals surface area contributed by atoms with E-state index in [1.807, 2.05) is 0 Å². The zero-order chi connectivity index (χ0) is 60.8. The SMILES string of the molecule is CC(C)C(OC(=O)C12CC3CC(CC(C3)C1)C2)C(F)(F)C(=O)[O-].CC(O)(C(=O)[O-])C(F)(F)F.CC(O)(CC(=O)[O-])C(F)(F)F.COc1c(F)c(F)c(C(=O)[O-])c(F)c1F.O=C([O-])c1c(F)c(F)c(-c2ccccc2)c(F)c1F. The third-order valence-corrected chi connectivity index (χ3v) is 12.2. The number of carbonyl (C=O) groups is 6. The quantitative estimate of drug-likeness (QED) is 0.149. The van der Waals surface area contributed by atoms with Crippen LogP contribution in [0, 0.1) is 75.6 Å². The van der Waals surface area contributed by atoms with E-state index in [0.29, 0.717) is 43.9 Å². The Balaban J connectivity index is 0.000000346. The first kappa shape index (κ1) is 67.2. The molecule has 3 aromatic carbocycles. The van der Waals surface area contributed by atoms with E-state index in [4.69, 9.17) is 14.9 Å². The van der Waals surface area contributed by atoms with Crippen molar-refractivity contribution < 1.29 is 144 Å².